The second kappa shape index (κ2) is 8.06. The summed E-state index contributed by atoms with van der Waals surface area (Å²) in [6.45, 7) is 6.64. The number of aromatic amines is 1. The van der Waals surface area contributed by atoms with Crippen molar-refractivity contribution in [2.75, 3.05) is 26.2 Å². The Bertz CT molecular complexity index is 575. The van der Waals surface area contributed by atoms with E-state index < -0.39 is 0 Å². The van der Waals surface area contributed by atoms with Crippen molar-refractivity contribution >= 4 is 11.3 Å². The molecule has 1 aliphatic heterocycles. The molecule has 0 aromatic carbocycles. The lowest BCUT2D eigenvalue weighted by atomic mass is 9.99. The minimum Gasteiger partial charge on any atom is -0.390 e. The van der Waals surface area contributed by atoms with Crippen LogP contribution in [0.1, 0.15) is 25.3 Å². The number of nitrogens with one attached hydrogen (secondary N) is 2. The van der Waals surface area contributed by atoms with Crippen LogP contribution in [0.15, 0.2) is 23.7 Å². The summed E-state index contributed by atoms with van der Waals surface area (Å²) in [5.41, 5.74) is 2.22. The number of piperidine rings is 1. The molecule has 1 atom stereocenters. The lowest BCUT2D eigenvalue weighted by Crippen LogP contribution is -2.41. The summed E-state index contributed by atoms with van der Waals surface area (Å²) in [6.07, 6.45) is 4.04. The minimum atomic E-state index is -0.319. The molecule has 0 saturated carbocycles. The Morgan fingerprint density at radius 2 is 2.30 bits per heavy atom. The molecule has 1 fully saturated rings. The molecule has 0 radical (unpaired) electrons. The van der Waals surface area contributed by atoms with Crippen molar-refractivity contribution in [2.45, 2.75) is 32.4 Å². The summed E-state index contributed by atoms with van der Waals surface area (Å²) < 4.78 is 0. The first-order chi connectivity index (χ1) is 11.2. The van der Waals surface area contributed by atoms with Gasteiger partial charge in [-0.3, -0.25) is 5.10 Å². The zero-order chi connectivity index (χ0) is 16.1. The van der Waals surface area contributed by atoms with Crippen LogP contribution >= 0.6 is 11.3 Å². The van der Waals surface area contributed by atoms with E-state index in [1.54, 1.807) is 11.3 Å². The highest BCUT2D eigenvalue weighted by atomic mass is 32.1. The van der Waals surface area contributed by atoms with E-state index in [9.17, 15) is 5.11 Å². The largest absolute Gasteiger partial charge is 0.390 e. The molecule has 6 heteroatoms. The van der Waals surface area contributed by atoms with Crippen LogP contribution in [0.25, 0.3) is 10.6 Å². The number of rotatable bonds is 7. The molecule has 0 aliphatic carbocycles. The lowest BCUT2D eigenvalue weighted by molar-refractivity contribution is 0.0907. The van der Waals surface area contributed by atoms with Gasteiger partial charge in [0.1, 0.15) is 0 Å². The normalized spacial score (nSPS) is 18.3. The zero-order valence-electron chi connectivity index (χ0n) is 13.7. The van der Waals surface area contributed by atoms with Crippen LogP contribution in [-0.2, 0) is 6.54 Å². The molecule has 2 aromatic heterocycles. The maximum Gasteiger partial charge on any atom is 0.0794 e. The van der Waals surface area contributed by atoms with Gasteiger partial charge in [0, 0.05) is 25.2 Å². The van der Waals surface area contributed by atoms with Gasteiger partial charge in [0.2, 0.25) is 0 Å². The molecule has 0 amide bonds. The van der Waals surface area contributed by atoms with Crippen molar-refractivity contribution in [1.29, 1.82) is 0 Å². The first-order valence-corrected chi connectivity index (χ1v) is 9.27. The van der Waals surface area contributed by atoms with Crippen LogP contribution in [0.4, 0.5) is 0 Å². The molecule has 1 unspecified atom stereocenters. The predicted octanol–water partition coefficient (Wildman–Crippen LogP) is 2.32. The highest BCUT2D eigenvalue weighted by Gasteiger charge is 2.18. The van der Waals surface area contributed by atoms with Gasteiger partial charge in [0.25, 0.3) is 0 Å². The second-order valence-corrected chi connectivity index (χ2v) is 7.46. The Morgan fingerprint density at radius 1 is 1.48 bits per heavy atom. The number of nitrogens with zero attached hydrogens (tertiary/aromatic N) is 2. The molecule has 2 aromatic rings. The number of aliphatic hydroxyl groups is 1. The van der Waals surface area contributed by atoms with Crippen molar-refractivity contribution < 1.29 is 5.11 Å². The Kier molecular flexibility index (Phi) is 5.83. The Morgan fingerprint density at radius 3 is 3.04 bits per heavy atom. The monoisotopic (exact) mass is 334 g/mol. The van der Waals surface area contributed by atoms with E-state index >= 15 is 0 Å². The number of likely N-dealkylation sites (tertiary alicyclic amines) is 1. The molecule has 23 heavy (non-hydrogen) atoms. The number of hydrogen-bond acceptors (Lipinski definition) is 5. The molecule has 0 spiro atoms. The minimum absolute atomic E-state index is 0.319. The average Bonchev–Trinajstić information content (AvgIpc) is 3.20. The van der Waals surface area contributed by atoms with Crippen LogP contribution < -0.4 is 5.32 Å². The molecule has 0 bridgehead atoms. The predicted molar refractivity (Wildman–Crippen MR) is 94.5 cm³/mol. The first-order valence-electron chi connectivity index (χ1n) is 8.39. The van der Waals surface area contributed by atoms with Gasteiger partial charge < -0.3 is 15.3 Å². The molecular weight excluding hydrogens is 308 g/mol. The average molecular weight is 334 g/mol. The lowest BCUT2D eigenvalue weighted by Gasteiger charge is -2.31. The van der Waals surface area contributed by atoms with Gasteiger partial charge in [-0.05, 0) is 43.3 Å². The third-order valence-corrected chi connectivity index (χ3v) is 5.41. The molecule has 126 valence electrons. The molecule has 3 rings (SSSR count). The third kappa shape index (κ3) is 4.64. The van der Waals surface area contributed by atoms with Gasteiger partial charge in [-0.25, -0.2) is 0 Å². The maximum absolute atomic E-state index is 10.2. The van der Waals surface area contributed by atoms with E-state index in [4.69, 9.17) is 0 Å². The van der Waals surface area contributed by atoms with E-state index in [0.717, 1.165) is 43.4 Å². The second-order valence-electron chi connectivity index (χ2n) is 6.52. The SMILES string of the molecule is CC1CCN(CC(O)CNCc2cn[nH]c2-c2cccs2)CC1. The van der Waals surface area contributed by atoms with Crippen molar-refractivity contribution in [3.63, 3.8) is 0 Å². The fourth-order valence-corrected chi connectivity index (χ4v) is 3.82. The van der Waals surface area contributed by atoms with Crippen molar-refractivity contribution in [3.8, 4) is 10.6 Å². The van der Waals surface area contributed by atoms with Crippen molar-refractivity contribution in [1.82, 2.24) is 20.4 Å². The summed E-state index contributed by atoms with van der Waals surface area (Å²) in [4.78, 5) is 3.57. The molecule has 1 saturated heterocycles. The van der Waals surface area contributed by atoms with E-state index in [-0.39, 0.29) is 6.10 Å². The van der Waals surface area contributed by atoms with Gasteiger partial charge in [0.15, 0.2) is 0 Å². The molecule has 1 aliphatic rings. The third-order valence-electron chi connectivity index (χ3n) is 4.53. The van der Waals surface area contributed by atoms with Crippen LogP contribution in [0.5, 0.6) is 0 Å². The number of thiophene rings is 1. The van der Waals surface area contributed by atoms with Crippen molar-refractivity contribution in [2.24, 2.45) is 5.92 Å². The van der Waals surface area contributed by atoms with Crippen LogP contribution in [0, 0.1) is 5.92 Å². The van der Waals surface area contributed by atoms with Gasteiger partial charge in [0.05, 0.1) is 22.9 Å². The molecule has 3 N–H and O–H groups in total. The van der Waals surface area contributed by atoms with E-state index in [0.29, 0.717) is 6.54 Å². The van der Waals surface area contributed by atoms with Crippen molar-refractivity contribution in [3.05, 3.63) is 29.3 Å². The quantitative estimate of drug-likeness (QED) is 0.727. The topological polar surface area (TPSA) is 64.2 Å². The zero-order valence-corrected chi connectivity index (χ0v) is 14.5. The van der Waals surface area contributed by atoms with Crippen LogP contribution in [0.3, 0.4) is 0 Å². The van der Waals surface area contributed by atoms with Gasteiger partial charge >= 0.3 is 0 Å². The van der Waals surface area contributed by atoms with Crippen LogP contribution in [0.2, 0.25) is 0 Å². The first kappa shape index (κ1) is 16.6. The Labute approximate surface area is 141 Å². The molecule has 5 nitrogen and oxygen atoms in total. The summed E-state index contributed by atoms with van der Waals surface area (Å²) in [7, 11) is 0. The van der Waals surface area contributed by atoms with Gasteiger partial charge in [-0.1, -0.05) is 13.0 Å². The number of β-amino-alcohol motifs (C(OH)–C–C–N with tert-alkyl or cyclic N) is 1. The maximum atomic E-state index is 10.2. The number of aliphatic hydroxyl groups excluding tert-OH is 1. The fourth-order valence-electron chi connectivity index (χ4n) is 3.06. The summed E-state index contributed by atoms with van der Waals surface area (Å²) in [6, 6.07) is 4.13. The Balaban J connectivity index is 1.42. The van der Waals surface area contributed by atoms with E-state index in [2.05, 4.69) is 38.8 Å². The van der Waals surface area contributed by atoms with Gasteiger partial charge in [-0.15, -0.1) is 11.3 Å². The smallest absolute Gasteiger partial charge is 0.0794 e. The highest BCUT2D eigenvalue weighted by molar-refractivity contribution is 7.13. The number of H-pyrrole nitrogens is 1. The fraction of sp³-hybridized carbons (Fsp3) is 0.588. The molecular formula is C17H26N4OS. The highest BCUT2D eigenvalue weighted by Crippen LogP contribution is 2.25. The summed E-state index contributed by atoms with van der Waals surface area (Å²) >= 11 is 1.70. The molecule has 3 heterocycles. The van der Waals surface area contributed by atoms with Crippen LogP contribution in [-0.4, -0.2) is 52.5 Å². The standard InChI is InChI=1S/C17H26N4OS/c1-13-4-6-21(7-5-13)12-15(22)11-18-9-14-10-19-20-17(14)16-3-2-8-23-16/h2-3,8,10,13,15,18,22H,4-7,9,11-12H2,1H3,(H,19,20). The van der Waals surface area contributed by atoms with Gasteiger partial charge in [-0.2, -0.15) is 5.10 Å². The Hall–Kier alpha value is -1.21. The summed E-state index contributed by atoms with van der Waals surface area (Å²) in [5.74, 6) is 0.832. The van der Waals surface area contributed by atoms with E-state index in [1.165, 1.54) is 17.7 Å². The van der Waals surface area contributed by atoms with E-state index in [1.807, 2.05) is 12.3 Å². The summed E-state index contributed by atoms with van der Waals surface area (Å²) in [5, 5.41) is 22.9. The number of aromatic nitrogens is 2. The number of hydrogen-bond donors (Lipinski definition) is 3.